The summed E-state index contributed by atoms with van der Waals surface area (Å²) in [4.78, 5) is 21.7. The van der Waals surface area contributed by atoms with Gasteiger partial charge in [-0.25, -0.2) is 4.79 Å². The molecule has 2 amide bonds. The van der Waals surface area contributed by atoms with Gasteiger partial charge in [-0.15, -0.1) is 0 Å². The Morgan fingerprint density at radius 2 is 1.76 bits per heavy atom. The van der Waals surface area contributed by atoms with Crippen molar-refractivity contribution >= 4 is 34.9 Å². The third-order valence-corrected chi connectivity index (χ3v) is 6.31. The van der Waals surface area contributed by atoms with E-state index in [0.29, 0.717) is 0 Å². The largest absolute Gasteiger partial charge is 0.381 e. The molecule has 0 aromatic heterocycles. The molecule has 1 aliphatic heterocycles. The number of allylic oxidation sites excluding steroid dienone is 3. The zero-order chi connectivity index (χ0) is 20.5. The average molecular weight is 407 g/mol. The highest BCUT2D eigenvalue weighted by molar-refractivity contribution is 8.03. The number of benzene rings is 2. The number of urea groups is 1. The monoisotopic (exact) mass is 406 g/mol. The summed E-state index contributed by atoms with van der Waals surface area (Å²) in [5, 5.41) is 3.06. The predicted molar refractivity (Wildman–Crippen MR) is 123 cm³/mol. The zero-order valence-corrected chi connectivity index (χ0v) is 18.1. The summed E-state index contributed by atoms with van der Waals surface area (Å²) in [5.74, 6) is 0. The number of nitrogens with one attached hydrogen (secondary N) is 1. The number of rotatable bonds is 3. The van der Waals surface area contributed by atoms with Crippen molar-refractivity contribution in [1.82, 2.24) is 4.90 Å². The van der Waals surface area contributed by atoms with Crippen molar-refractivity contribution in [3.8, 4) is 0 Å². The molecule has 0 spiro atoms. The number of para-hydroxylation sites is 1. The summed E-state index contributed by atoms with van der Waals surface area (Å²) < 4.78 is 0. The van der Waals surface area contributed by atoms with Crippen LogP contribution >= 0.6 is 11.8 Å². The van der Waals surface area contributed by atoms with E-state index in [1.807, 2.05) is 49.3 Å². The van der Waals surface area contributed by atoms with Gasteiger partial charge < -0.3 is 15.1 Å². The Morgan fingerprint density at radius 1 is 1.00 bits per heavy atom. The van der Waals surface area contributed by atoms with Gasteiger partial charge in [-0.1, -0.05) is 30.0 Å². The Bertz CT molecular complexity index is 995. The number of carbonyl (C=O) groups is 1. The molecule has 2 aromatic carbocycles. The minimum atomic E-state index is -0.121. The Morgan fingerprint density at radius 3 is 2.45 bits per heavy atom. The lowest BCUT2D eigenvalue weighted by atomic mass is 10.0. The van der Waals surface area contributed by atoms with E-state index in [-0.39, 0.29) is 6.03 Å². The van der Waals surface area contributed by atoms with Crippen LogP contribution in [0, 0.1) is 0 Å². The minimum absolute atomic E-state index is 0.121. The van der Waals surface area contributed by atoms with E-state index in [1.165, 1.54) is 5.70 Å². The van der Waals surface area contributed by atoms with Crippen LogP contribution in [0.3, 0.4) is 0 Å². The number of amides is 2. The molecule has 0 radical (unpaired) electrons. The lowest BCUT2D eigenvalue weighted by Gasteiger charge is -2.36. The van der Waals surface area contributed by atoms with Crippen LogP contribution in [0.15, 0.2) is 75.8 Å². The van der Waals surface area contributed by atoms with E-state index in [2.05, 4.69) is 53.5 Å². The van der Waals surface area contributed by atoms with Crippen LogP contribution in [0.5, 0.6) is 0 Å². The second kappa shape index (κ2) is 7.87. The average Bonchev–Trinajstić information content (AvgIpc) is 2.71. The van der Waals surface area contributed by atoms with Crippen LogP contribution in [-0.4, -0.2) is 39.1 Å². The van der Waals surface area contributed by atoms with Crippen LogP contribution in [0.25, 0.3) is 0 Å². The number of thioether (sulfide) groups is 1. The molecule has 2 aliphatic rings. The Hall–Kier alpha value is -2.86. The zero-order valence-electron chi connectivity index (χ0n) is 17.3. The smallest absolute Gasteiger partial charge is 0.330 e. The highest BCUT2D eigenvalue weighted by Crippen LogP contribution is 2.48. The van der Waals surface area contributed by atoms with E-state index >= 15 is 0 Å². The summed E-state index contributed by atoms with van der Waals surface area (Å²) in [5.41, 5.74) is 5.21. The van der Waals surface area contributed by atoms with Gasteiger partial charge in [-0.3, -0.25) is 4.90 Å². The molecule has 5 nitrogen and oxygen atoms in total. The van der Waals surface area contributed by atoms with Gasteiger partial charge in [0, 0.05) is 60.8 Å². The number of hydrogen-bond acceptors (Lipinski definition) is 4. The molecule has 0 fully saturated rings. The first-order valence-corrected chi connectivity index (χ1v) is 10.5. The predicted octanol–water partition coefficient (Wildman–Crippen LogP) is 5.35. The first-order chi connectivity index (χ1) is 13.9. The first-order valence-electron chi connectivity index (χ1n) is 9.70. The molecule has 0 atom stereocenters. The number of carbonyl (C=O) groups excluding carboxylic acids is 1. The van der Waals surface area contributed by atoms with Gasteiger partial charge in [0.15, 0.2) is 0 Å². The lowest BCUT2D eigenvalue weighted by Crippen LogP contribution is -2.37. The van der Waals surface area contributed by atoms with E-state index in [0.717, 1.165) is 45.4 Å². The highest BCUT2D eigenvalue weighted by atomic mass is 32.2. The summed E-state index contributed by atoms with van der Waals surface area (Å²) in [6, 6.07) is 15.8. The van der Waals surface area contributed by atoms with Crippen molar-refractivity contribution < 1.29 is 4.79 Å². The van der Waals surface area contributed by atoms with Crippen LogP contribution in [0.1, 0.15) is 12.8 Å². The highest BCUT2D eigenvalue weighted by Gasteiger charge is 2.32. The second-order valence-electron chi connectivity index (χ2n) is 7.62. The number of hydrogen-bond donors (Lipinski definition) is 1. The van der Waals surface area contributed by atoms with E-state index < -0.39 is 0 Å². The van der Waals surface area contributed by atoms with Crippen molar-refractivity contribution in [3.63, 3.8) is 0 Å². The Kier molecular flexibility index (Phi) is 5.28. The maximum atomic E-state index is 13.3. The number of anilines is 3. The molecular formula is C23H26N4OS. The fourth-order valence-electron chi connectivity index (χ4n) is 3.58. The van der Waals surface area contributed by atoms with E-state index in [1.54, 1.807) is 11.8 Å². The van der Waals surface area contributed by atoms with Crippen LogP contribution in [0.4, 0.5) is 21.9 Å². The van der Waals surface area contributed by atoms with Gasteiger partial charge in [0.1, 0.15) is 0 Å². The molecule has 2 aromatic rings. The fourth-order valence-corrected chi connectivity index (χ4v) is 4.77. The van der Waals surface area contributed by atoms with Crippen molar-refractivity contribution in [2.75, 3.05) is 43.3 Å². The van der Waals surface area contributed by atoms with Gasteiger partial charge in [-0.05, 0) is 49.2 Å². The van der Waals surface area contributed by atoms with Gasteiger partial charge >= 0.3 is 6.03 Å². The fraction of sp³-hybridized carbons (Fsp3) is 0.261. The quantitative estimate of drug-likeness (QED) is 0.746. The lowest BCUT2D eigenvalue weighted by molar-refractivity contribution is 0.258. The molecule has 29 heavy (non-hydrogen) atoms. The van der Waals surface area contributed by atoms with Gasteiger partial charge in [0.05, 0.1) is 5.69 Å². The van der Waals surface area contributed by atoms with Crippen LogP contribution in [-0.2, 0) is 0 Å². The van der Waals surface area contributed by atoms with E-state index in [4.69, 9.17) is 0 Å². The molecular weight excluding hydrogens is 380 g/mol. The molecule has 150 valence electrons. The maximum absolute atomic E-state index is 13.3. The molecule has 1 aliphatic carbocycles. The molecule has 0 bridgehead atoms. The summed E-state index contributed by atoms with van der Waals surface area (Å²) >= 11 is 1.75. The standard InChI is InChI=1S/C23H26N4OS/c1-25(2)17-10-12-19-21(14-17)29-22-15-18(26(3)4)11-13-20(22)27(19)23(28)24-16-8-6-5-7-9-16/h5-10,12,14-15H,11,13H2,1-4H3,(H,24,28). The molecule has 4 rings (SSSR count). The molecule has 1 N–H and O–H groups in total. The number of nitrogens with zero attached hydrogens (tertiary/aromatic N) is 3. The second-order valence-corrected chi connectivity index (χ2v) is 8.70. The van der Waals surface area contributed by atoms with Gasteiger partial charge in [0.2, 0.25) is 0 Å². The summed E-state index contributed by atoms with van der Waals surface area (Å²) in [6.45, 7) is 0. The molecule has 0 saturated heterocycles. The third-order valence-electron chi connectivity index (χ3n) is 5.19. The van der Waals surface area contributed by atoms with Crippen LogP contribution < -0.4 is 15.1 Å². The van der Waals surface area contributed by atoms with Crippen molar-refractivity contribution in [3.05, 3.63) is 70.9 Å². The molecule has 1 heterocycles. The van der Waals surface area contributed by atoms with Gasteiger partial charge in [0.25, 0.3) is 0 Å². The normalized spacial score (nSPS) is 15.3. The van der Waals surface area contributed by atoms with Crippen LogP contribution in [0.2, 0.25) is 0 Å². The Balaban J connectivity index is 1.77. The van der Waals surface area contributed by atoms with Crippen molar-refractivity contribution in [1.29, 1.82) is 0 Å². The van der Waals surface area contributed by atoms with Gasteiger partial charge in [-0.2, -0.15) is 0 Å². The number of fused-ring (bicyclic) bond motifs is 1. The molecule has 0 saturated carbocycles. The topological polar surface area (TPSA) is 38.8 Å². The first kappa shape index (κ1) is 19.5. The molecule has 0 unspecified atom stereocenters. The minimum Gasteiger partial charge on any atom is -0.381 e. The summed E-state index contributed by atoms with van der Waals surface area (Å²) in [7, 11) is 8.21. The van der Waals surface area contributed by atoms with Crippen molar-refractivity contribution in [2.24, 2.45) is 0 Å². The maximum Gasteiger partial charge on any atom is 0.330 e. The molecule has 6 heteroatoms. The van der Waals surface area contributed by atoms with E-state index in [9.17, 15) is 4.79 Å². The summed E-state index contributed by atoms with van der Waals surface area (Å²) in [6.07, 6.45) is 3.98. The SMILES string of the molecule is CN(C)C1=CC2=C(CC1)N(C(=O)Nc1ccccc1)c1ccc(N(C)C)cc1S2. The Labute approximate surface area is 176 Å². The third kappa shape index (κ3) is 3.85. The van der Waals surface area contributed by atoms with Crippen molar-refractivity contribution in [2.45, 2.75) is 17.7 Å².